The number of carboxylic acids is 1. The third kappa shape index (κ3) is 3.96. The van der Waals surface area contributed by atoms with Crippen LogP contribution in [-0.4, -0.2) is 40.4 Å². The number of likely N-dealkylation sites (N-methyl/N-ethyl adjacent to an activating group) is 1. The van der Waals surface area contributed by atoms with Gasteiger partial charge in [0.15, 0.2) is 0 Å². The summed E-state index contributed by atoms with van der Waals surface area (Å²) in [4.78, 5) is 37.0. The summed E-state index contributed by atoms with van der Waals surface area (Å²) in [6.07, 6.45) is 4.65. The Labute approximate surface area is 146 Å². The number of anilines is 1. The fourth-order valence-corrected chi connectivity index (χ4v) is 2.80. The first-order valence-corrected chi connectivity index (χ1v) is 8.02. The lowest BCUT2D eigenvalue weighted by Crippen LogP contribution is -2.61. The Hall–Kier alpha value is -2.89. The minimum Gasteiger partial charge on any atom is -0.478 e. The van der Waals surface area contributed by atoms with Crippen molar-refractivity contribution in [1.82, 2.24) is 4.90 Å². The largest absolute Gasteiger partial charge is 0.478 e. The van der Waals surface area contributed by atoms with Crippen molar-refractivity contribution in [3.63, 3.8) is 0 Å². The topological polar surface area (TPSA) is 86.7 Å². The SMILES string of the molecule is C=C(C)C(=O)N(C)C1(C(=O)Nc2ccc(/C=C/C(=O)O)cc2)CCC1. The Morgan fingerprint density at radius 1 is 1.24 bits per heavy atom. The number of nitrogens with zero attached hydrogens (tertiary/aromatic N) is 1. The zero-order valence-electron chi connectivity index (χ0n) is 14.4. The molecular formula is C19H22N2O4. The Kier molecular flexibility index (Phi) is 5.41. The number of aliphatic carboxylic acids is 1. The molecule has 0 bridgehead atoms. The molecule has 2 rings (SSSR count). The summed E-state index contributed by atoms with van der Waals surface area (Å²) in [6, 6.07) is 6.83. The number of benzene rings is 1. The van der Waals surface area contributed by atoms with Crippen molar-refractivity contribution in [2.24, 2.45) is 0 Å². The quantitative estimate of drug-likeness (QED) is 0.778. The summed E-state index contributed by atoms with van der Waals surface area (Å²) in [5.41, 5.74) is 0.877. The zero-order chi connectivity index (χ0) is 18.6. The van der Waals surface area contributed by atoms with Gasteiger partial charge in [-0.25, -0.2) is 4.79 Å². The predicted octanol–water partition coefficient (Wildman–Crippen LogP) is 2.68. The van der Waals surface area contributed by atoms with Crippen molar-refractivity contribution < 1.29 is 19.5 Å². The molecule has 1 aliphatic carbocycles. The van der Waals surface area contributed by atoms with E-state index in [-0.39, 0.29) is 11.8 Å². The van der Waals surface area contributed by atoms with Crippen LogP contribution in [0.4, 0.5) is 5.69 Å². The minimum absolute atomic E-state index is 0.218. The van der Waals surface area contributed by atoms with Crippen LogP contribution in [0.1, 0.15) is 31.7 Å². The van der Waals surface area contributed by atoms with Crippen molar-refractivity contribution in [3.05, 3.63) is 48.1 Å². The highest BCUT2D eigenvalue weighted by molar-refractivity contribution is 6.03. The fraction of sp³-hybridized carbons (Fsp3) is 0.316. The van der Waals surface area contributed by atoms with Gasteiger partial charge in [-0.15, -0.1) is 0 Å². The van der Waals surface area contributed by atoms with Gasteiger partial charge in [0.05, 0.1) is 0 Å². The average molecular weight is 342 g/mol. The van der Waals surface area contributed by atoms with E-state index in [0.29, 0.717) is 29.7 Å². The Bertz CT molecular complexity index is 730. The van der Waals surface area contributed by atoms with Crippen LogP contribution in [-0.2, 0) is 14.4 Å². The number of amides is 2. The molecule has 1 saturated carbocycles. The molecule has 0 aromatic heterocycles. The Balaban J connectivity index is 2.11. The van der Waals surface area contributed by atoms with Crippen LogP contribution >= 0.6 is 0 Å². The molecule has 2 N–H and O–H groups in total. The second-order valence-electron chi connectivity index (χ2n) is 6.28. The summed E-state index contributed by atoms with van der Waals surface area (Å²) < 4.78 is 0. The predicted molar refractivity (Wildman–Crippen MR) is 95.9 cm³/mol. The van der Waals surface area contributed by atoms with E-state index in [1.54, 1.807) is 38.2 Å². The fourth-order valence-electron chi connectivity index (χ4n) is 2.80. The van der Waals surface area contributed by atoms with Crippen molar-refractivity contribution in [2.75, 3.05) is 12.4 Å². The number of carbonyl (C=O) groups excluding carboxylic acids is 2. The molecule has 6 heteroatoms. The molecule has 1 aliphatic rings. The first-order valence-electron chi connectivity index (χ1n) is 8.02. The monoisotopic (exact) mass is 342 g/mol. The van der Waals surface area contributed by atoms with Crippen LogP contribution in [0, 0.1) is 0 Å². The third-order valence-electron chi connectivity index (χ3n) is 4.50. The van der Waals surface area contributed by atoms with E-state index >= 15 is 0 Å². The van der Waals surface area contributed by atoms with E-state index in [1.807, 2.05) is 0 Å². The van der Waals surface area contributed by atoms with Gasteiger partial charge in [-0.1, -0.05) is 18.7 Å². The molecule has 25 heavy (non-hydrogen) atoms. The van der Waals surface area contributed by atoms with Gasteiger partial charge in [0.1, 0.15) is 5.54 Å². The molecule has 1 aromatic rings. The molecule has 132 valence electrons. The van der Waals surface area contributed by atoms with Gasteiger partial charge in [-0.05, 0) is 50.0 Å². The molecule has 0 heterocycles. The first kappa shape index (κ1) is 18.4. The number of hydrogen-bond donors (Lipinski definition) is 2. The smallest absolute Gasteiger partial charge is 0.328 e. The summed E-state index contributed by atoms with van der Waals surface area (Å²) in [7, 11) is 1.63. The average Bonchev–Trinajstić information content (AvgIpc) is 2.52. The van der Waals surface area contributed by atoms with E-state index < -0.39 is 11.5 Å². The van der Waals surface area contributed by atoms with Crippen LogP contribution < -0.4 is 5.32 Å². The minimum atomic E-state index is -1.02. The highest BCUT2D eigenvalue weighted by atomic mass is 16.4. The summed E-state index contributed by atoms with van der Waals surface area (Å²) in [6.45, 7) is 5.29. The second kappa shape index (κ2) is 7.34. The molecule has 0 spiro atoms. The number of rotatable bonds is 6. The molecule has 6 nitrogen and oxygen atoms in total. The molecular weight excluding hydrogens is 320 g/mol. The maximum atomic E-state index is 12.8. The van der Waals surface area contributed by atoms with Crippen molar-refractivity contribution in [1.29, 1.82) is 0 Å². The van der Waals surface area contributed by atoms with Gasteiger partial charge >= 0.3 is 5.97 Å². The van der Waals surface area contributed by atoms with Gasteiger partial charge in [0, 0.05) is 24.4 Å². The lowest BCUT2D eigenvalue weighted by atomic mass is 9.74. The van der Waals surface area contributed by atoms with Crippen molar-refractivity contribution >= 4 is 29.5 Å². The van der Waals surface area contributed by atoms with Gasteiger partial charge in [0.2, 0.25) is 11.8 Å². The molecule has 0 saturated heterocycles. The Morgan fingerprint density at radius 3 is 2.28 bits per heavy atom. The molecule has 2 amide bonds. The van der Waals surface area contributed by atoms with Gasteiger partial charge in [0.25, 0.3) is 0 Å². The van der Waals surface area contributed by atoms with Crippen molar-refractivity contribution in [2.45, 2.75) is 31.7 Å². The van der Waals surface area contributed by atoms with Crippen LogP contribution in [0.25, 0.3) is 6.08 Å². The highest BCUT2D eigenvalue weighted by Gasteiger charge is 2.49. The molecule has 0 radical (unpaired) electrons. The summed E-state index contributed by atoms with van der Waals surface area (Å²) in [5, 5.41) is 11.5. The van der Waals surface area contributed by atoms with Crippen molar-refractivity contribution in [3.8, 4) is 0 Å². The molecule has 0 atom stereocenters. The highest BCUT2D eigenvalue weighted by Crippen LogP contribution is 2.38. The van der Waals surface area contributed by atoms with E-state index in [4.69, 9.17) is 5.11 Å². The summed E-state index contributed by atoms with van der Waals surface area (Å²) >= 11 is 0. The van der Waals surface area contributed by atoms with Crippen LogP contribution in [0.15, 0.2) is 42.5 Å². The maximum absolute atomic E-state index is 12.8. The zero-order valence-corrected chi connectivity index (χ0v) is 14.4. The molecule has 0 unspecified atom stereocenters. The third-order valence-corrected chi connectivity index (χ3v) is 4.50. The van der Waals surface area contributed by atoms with E-state index in [0.717, 1.165) is 12.5 Å². The standard InChI is InChI=1S/C19H22N2O4/c1-13(2)17(24)21(3)19(11-4-12-19)18(25)20-15-8-5-14(6-9-15)7-10-16(22)23/h5-10H,1,4,11-12H2,2-3H3,(H,20,25)(H,22,23)/b10-7+. The van der Waals surface area contributed by atoms with Crippen LogP contribution in [0.5, 0.6) is 0 Å². The number of hydrogen-bond acceptors (Lipinski definition) is 3. The van der Waals surface area contributed by atoms with Crippen LogP contribution in [0.3, 0.4) is 0 Å². The van der Waals surface area contributed by atoms with Crippen LogP contribution in [0.2, 0.25) is 0 Å². The Morgan fingerprint density at radius 2 is 1.84 bits per heavy atom. The second-order valence-corrected chi connectivity index (χ2v) is 6.28. The van der Waals surface area contributed by atoms with Gasteiger partial charge < -0.3 is 15.3 Å². The number of carbonyl (C=O) groups is 3. The lowest BCUT2D eigenvalue weighted by molar-refractivity contribution is -0.146. The molecule has 1 aromatic carbocycles. The van der Waals surface area contributed by atoms with Gasteiger partial charge in [-0.3, -0.25) is 9.59 Å². The normalized spacial score (nSPS) is 15.3. The molecule has 0 aliphatic heterocycles. The van der Waals surface area contributed by atoms with E-state index in [2.05, 4.69) is 11.9 Å². The summed E-state index contributed by atoms with van der Waals surface area (Å²) in [5.74, 6) is -1.47. The lowest BCUT2D eigenvalue weighted by Gasteiger charge is -2.47. The maximum Gasteiger partial charge on any atom is 0.328 e. The number of nitrogens with one attached hydrogen (secondary N) is 1. The van der Waals surface area contributed by atoms with E-state index in [9.17, 15) is 14.4 Å². The molecule has 1 fully saturated rings. The van der Waals surface area contributed by atoms with Gasteiger partial charge in [-0.2, -0.15) is 0 Å². The first-order chi connectivity index (χ1) is 11.8. The van der Waals surface area contributed by atoms with E-state index in [1.165, 1.54) is 11.0 Å². The number of carboxylic acid groups (broad SMARTS) is 1.